The van der Waals surface area contributed by atoms with Crippen molar-refractivity contribution in [3.8, 4) is 11.5 Å². The molecular formula is C19H17ClF3N3O2. The van der Waals surface area contributed by atoms with Gasteiger partial charge in [-0.3, -0.25) is 0 Å². The van der Waals surface area contributed by atoms with Gasteiger partial charge in [0, 0.05) is 12.1 Å². The lowest BCUT2D eigenvalue weighted by Gasteiger charge is -2.29. The molecule has 0 radical (unpaired) electrons. The van der Waals surface area contributed by atoms with Gasteiger partial charge < -0.3 is 9.47 Å². The number of rotatable bonds is 6. The number of benzene rings is 2. The number of nitrogens with zero attached hydrogens (tertiary/aromatic N) is 3. The second-order valence-corrected chi connectivity index (χ2v) is 6.73. The second-order valence-electron chi connectivity index (χ2n) is 6.29. The Bertz CT molecular complexity index is 931. The van der Waals surface area contributed by atoms with E-state index in [0.717, 1.165) is 6.07 Å². The Hall–Kier alpha value is -2.58. The van der Waals surface area contributed by atoms with Gasteiger partial charge >= 0.3 is 6.18 Å². The van der Waals surface area contributed by atoms with E-state index >= 15 is 0 Å². The Kier molecular flexibility index (Phi) is 5.62. The quantitative estimate of drug-likeness (QED) is 0.552. The van der Waals surface area contributed by atoms with E-state index in [0.29, 0.717) is 10.6 Å². The summed E-state index contributed by atoms with van der Waals surface area (Å²) in [5.74, 6) is -0.0578. The summed E-state index contributed by atoms with van der Waals surface area (Å²) >= 11 is 5.80. The van der Waals surface area contributed by atoms with Crippen molar-refractivity contribution in [2.75, 3.05) is 7.11 Å². The zero-order chi connectivity index (χ0) is 20.4. The number of aromatic nitrogens is 3. The molecule has 28 heavy (non-hydrogen) atoms. The standard InChI is InChI=1S/C19H17ClF3N3O2/c1-18(27-2,10-26-12-24-11-25-26)13-3-8-17(16(9-13)19(21,22)23)28-15-6-4-14(20)5-7-15/h3-9,11-12H,10H2,1-2H3. The highest BCUT2D eigenvalue weighted by molar-refractivity contribution is 6.30. The van der Waals surface area contributed by atoms with E-state index in [4.69, 9.17) is 21.1 Å². The molecule has 0 bridgehead atoms. The van der Waals surface area contributed by atoms with Gasteiger partial charge in [-0.2, -0.15) is 18.3 Å². The van der Waals surface area contributed by atoms with Crippen molar-refractivity contribution in [1.29, 1.82) is 0 Å². The molecule has 0 N–H and O–H groups in total. The first-order valence-electron chi connectivity index (χ1n) is 8.24. The number of methoxy groups -OCH3 is 1. The van der Waals surface area contributed by atoms with E-state index in [-0.39, 0.29) is 18.0 Å². The van der Waals surface area contributed by atoms with Crippen LogP contribution >= 0.6 is 11.6 Å². The summed E-state index contributed by atoms with van der Waals surface area (Å²) in [5, 5.41) is 4.46. The maximum Gasteiger partial charge on any atom is 0.419 e. The minimum absolute atomic E-state index is 0.193. The molecule has 0 fully saturated rings. The molecule has 0 aliphatic rings. The third-order valence-corrected chi connectivity index (χ3v) is 4.57. The molecule has 148 valence electrons. The Balaban J connectivity index is 1.98. The fourth-order valence-corrected chi connectivity index (χ4v) is 2.82. The van der Waals surface area contributed by atoms with Gasteiger partial charge in [0.1, 0.15) is 29.8 Å². The molecule has 5 nitrogen and oxygen atoms in total. The largest absolute Gasteiger partial charge is 0.457 e. The highest BCUT2D eigenvalue weighted by Gasteiger charge is 2.37. The monoisotopic (exact) mass is 411 g/mol. The topological polar surface area (TPSA) is 49.2 Å². The summed E-state index contributed by atoms with van der Waals surface area (Å²) < 4.78 is 53.6. The Labute approximate surface area is 164 Å². The first-order chi connectivity index (χ1) is 13.2. The number of hydrogen-bond donors (Lipinski definition) is 0. The first kappa shape index (κ1) is 20.2. The summed E-state index contributed by atoms with van der Waals surface area (Å²) in [5.41, 5.74) is -1.62. The summed E-state index contributed by atoms with van der Waals surface area (Å²) in [6.07, 6.45) is -1.79. The van der Waals surface area contributed by atoms with E-state index in [1.54, 1.807) is 25.1 Å². The van der Waals surface area contributed by atoms with Gasteiger partial charge in [-0.1, -0.05) is 17.7 Å². The van der Waals surface area contributed by atoms with E-state index in [1.807, 2.05) is 0 Å². The third-order valence-electron chi connectivity index (χ3n) is 4.32. The van der Waals surface area contributed by atoms with E-state index in [2.05, 4.69) is 10.1 Å². The Morgan fingerprint density at radius 3 is 2.39 bits per heavy atom. The van der Waals surface area contributed by atoms with E-state index < -0.39 is 17.3 Å². The summed E-state index contributed by atoms with van der Waals surface area (Å²) in [4.78, 5) is 3.85. The smallest absolute Gasteiger partial charge is 0.419 e. The zero-order valence-corrected chi connectivity index (χ0v) is 15.8. The van der Waals surface area contributed by atoms with Crippen LogP contribution in [-0.2, 0) is 23.1 Å². The van der Waals surface area contributed by atoms with Gasteiger partial charge in [0.2, 0.25) is 0 Å². The van der Waals surface area contributed by atoms with Gasteiger partial charge in [-0.05, 0) is 48.9 Å². The molecule has 1 atom stereocenters. The van der Waals surface area contributed by atoms with Crippen molar-refractivity contribution in [2.24, 2.45) is 0 Å². The van der Waals surface area contributed by atoms with Crippen LogP contribution in [0.15, 0.2) is 55.1 Å². The molecule has 0 aliphatic carbocycles. The molecule has 0 saturated carbocycles. The van der Waals surface area contributed by atoms with Gasteiger partial charge in [0.05, 0.1) is 12.1 Å². The molecule has 0 amide bonds. The molecule has 9 heteroatoms. The van der Waals surface area contributed by atoms with Gasteiger partial charge in [0.25, 0.3) is 0 Å². The number of hydrogen-bond acceptors (Lipinski definition) is 4. The third kappa shape index (κ3) is 4.45. The molecule has 3 rings (SSSR count). The molecule has 2 aromatic carbocycles. The molecule has 1 unspecified atom stereocenters. The molecule has 3 aromatic rings. The minimum atomic E-state index is -4.61. The van der Waals surface area contributed by atoms with Crippen molar-refractivity contribution in [3.05, 3.63) is 71.3 Å². The van der Waals surface area contributed by atoms with Crippen LogP contribution in [0.3, 0.4) is 0 Å². The fourth-order valence-electron chi connectivity index (χ4n) is 2.70. The van der Waals surface area contributed by atoms with Crippen molar-refractivity contribution in [3.63, 3.8) is 0 Å². The van der Waals surface area contributed by atoms with Crippen molar-refractivity contribution in [1.82, 2.24) is 14.8 Å². The van der Waals surface area contributed by atoms with E-state index in [1.165, 1.54) is 42.6 Å². The summed E-state index contributed by atoms with van der Waals surface area (Å²) in [7, 11) is 1.43. The van der Waals surface area contributed by atoms with Gasteiger partial charge in [-0.25, -0.2) is 9.67 Å². The summed E-state index contributed by atoms with van der Waals surface area (Å²) in [6, 6.07) is 9.94. The van der Waals surface area contributed by atoms with E-state index in [9.17, 15) is 13.2 Å². The van der Waals surface area contributed by atoms with Crippen LogP contribution in [0.2, 0.25) is 5.02 Å². The average Bonchev–Trinajstić information content (AvgIpc) is 3.15. The average molecular weight is 412 g/mol. The number of alkyl halides is 3. The van der Waals surface area contributed by atoms with Crippen molar-refractivity contribution < 1.29 is 22.6 Å². The first-order valence-corrected chi connectivity index (χ1v) is 8.62. The lowest BCUT2D eigenvalue weighted by atomic mass is 9.93. The highest BCUT2D eigenvalue weighted by Crippen LogP contribution is 2.41. The molecule has 0 aliphatic heterocycles. The predicted molar refractivity (Wildman–Crippen MR) is 97.4 cm³/mol. The fraction of sp³-hybridized carbons (Fsp3) is 0.263. The molecule has 0 spiro atoms. The van der Waals surface area contributed by atoms with Crippen LogP contribution in [-0.4, -0.2) is 21.9 Å². The lowest BCUT2D eigenvalue weighted by molar-refractivity contribution is -0.138. The van der Waals surface area contributed by atoms with Gasteiger partial charge in [0.15, 0.2) is 0 Å². The molecule has 1 heterocycles. The SMILES string of the molecule is COC(C)(Cn1cncn1)c1ccc(Oc2ccc(Cl)cc2)c(C(F)(F)F)c1. The van der Waals surface area contributed by atoms with Crippen molar-refractivity contribution >= 4 is 11.6 Å². The highest BCUT2D eigenvalue weighted by atomic mass is 35.5. The predicted octanol–water partition coefficient (Wildman–Crippen LogP) is 5.30. The van der Waals surface area contributed by atoms with Crippen LogP contribution in [0.5, 0.6) is 11.5 Å². The van der Waals surface area contributed by atoms with Crippen LogP contribution in [0, 0.1) is 0 Å². The number of halogens is 4. The zero-order valence-electron chi connectivity index (χ0n) is 15.1. The molecule has 1 aromatic heterocycles. The second kappa shape index (κ2) is 7.81. The lowest BCUT2D eigenvalue weighted by Crippen LogP contribution is -2.31. The van der Waals surface area contributed by atoms with Crippen molar-refractivity contribution in [2.45, 2.75) is 25.2 Å². The Morgan fingerprint density at radius 1 is 1.11 bits per heavy atom. The van der Waals surface area contributed by atoms with Gasteiger partial charge in [-0.15, -0.1) is 0 Å². The number of ether oxygens (including phenoxy) is 2. The van der Waals surface area contributed by atoms with Crippen LogP contribution in [0.1, 0.15) is 18.1 Å². The van der Waals surface area contributed by atoms with Crippen LogP contribution in [0.4, 0.5) is 13.2 Å². The molecular weight excluding hydrogens is 395 g/mol. The maximum absolute atomic E-state index is 13.7. The normalized spacial score (nSPS) is 13.9. The summed E-state index contributed by atoms with van der Waals surface area (Å²) in [6.45, 7) is 1.88. The molecule has 0 saturated heterocycles. The maximum atomic E-state index is 13.7. The van der Waals surface area contributed by atoms with Crippen LogP contribution in [0.25, 0.3) is 0 Å². The Morgan fingerprint density at radius 2 is 1.82 bits per heavy atom. The van der Waals surface area contributed by atoms with Crippen LogP contribution < -0.4 is 4.74 Å². The minimum Gasteiger partial charge on any atom is -0.457 e.